The molecule has 10 heteroatoms. The molecular weight excluding hydrogens is 578 g/mol. The number of allylic oxidation sites excluding steroid dienone is 2. The lowest BCUT2D eigenvalue weighted by molar-refractivity contribution is -0.254. The Labute approximate surface area is 243 Å². The Morgan fingerprint density at radius 3 is 1.24 bits per heavy atom. The van der Waals surface area contributed by atoms with E-state index >= 15 is 17.6 Å². The molecule has 0 spiro atoms. The van der Waals surface area contributed by atoms with Crippen LogP contribution in [-0.2, 0) is 0 Å². The summed E-state index contributed by atoms with van der Waals surface area (Å²) in [6.45, 7) is 3.69. The number of aryl methyl sites for hydroxylation is 2. The molecule has 216 valence electrons. The van der Waals surface area contributed by atoms with Crippen LogP contribution in [0.5, 0.6) is 0 Å². The first-order valence-electron chi connectivity index (χ1n) is 12.7. The lowest BCUT2D eigenvalue weighted by Crippen LogP contribution is -2.48. The maximum Gasteiger partial charge on any atom is 0.380 e. The molecule has 41 heavy (non-hydrogen) atoms. The summed E-state index contributed by atoms with van der Waals surface area (Å²) in [5, 5.41) is 2.51. The van der Waals surface area contributed by atoms with Gasteiger partial charge in [0.25, 0.3) is 0 Å². The van der Waals surface area contributed by atoms with Crippen LogP contribution in [0.1, 0.15) is 22.3 Å². The van der Waals surface area contributed by atoms with E-state index in [1.807, 2.05) is 76.1 Å². The molecule has 0 radical (unpaired) electrons. The molecule has 0 amide bonds. The second-order valence-electron chi connectivity index (χ2n) is 10.7. The van der Waals surface area contributed by atoms with E-state index in [9.17, 15) is 8.78 Å². The van der Waals surface area contributed by atoms with E-state index in [2.05, 4.69) is 0 Å². The molecule has 0 unspecified atom stereocenters. The SMILES string of the molecule is Cc1cc(N(C)C)ccc1-c1cc(C2=C(c3csc(-c4ccc(N(C)C)cc4C)c3)C(F)(F)C(F)(F)C2(F)F)cs1. The monoisotopic (exact) mass is 606 g/mol. The lowest BCUT2D eigenvalue weighted by Gasteiger charge is -2.25. The molecule has 1 aliphatic carbocycles. The third-order valence-electron chi connectivity index (χ3n) is 7.43. The number of nitrogens with zero attached hydrogens (tertiary/aromatic N) is 2. The molecule has 0 fully saturated rings. The van der Waals surface area contributed by atoms with Crippen molar-refractivity contribution in [2.75, 3.05) is 38.0 Å². The summed E-state index contributed by atoms with van der Waals surface area (Å²) in [7, 11) is 7.52. The topological polar surface area (TPSA) is 6.48 Å². The second-order valence-corrected chi connectivity index (χ2v) is 12.5. The van der Waals surface area contributed by atoms with Crippen LogP contribution in [0.15, 0.2) is 59.3 Å². The van der Waals surface area contributed by atoms with E-state index in [-0.39, 0.29) is 11.1 Å². The number of benzene rings is 2. The summed E-state index contributed by atoms with van der Waals surface area (Å²) in [5.74, 6) is -15.8. The highest BCUT2D eigenvalue weighted by Crippen LogP contribution is 2.65. The third kappa shape index (κ3) is 4.55. The molecule has 5 rings (SSSR count). The molecule has 0 N–H and O–H groups in total. The highest BCUT2D eigenvalue weighted by atomic mass is 32.1. The Hall–Kier alpha value is -3.24. The van der Waals surface area contributed by atoms with E-state index in [1.54, 1.807) is 12.1 Å². The van der Waals surface area contributed by atoms with Crippen molar-refractivity contribution < 1.29 is 26.3 Å². The van der Waals surface area contributed by atoms with Gasteiger partial charge in [0.05, 0.1) is 0 Å². The molecule has 0 aliphatic heterocycles. The summed E-state index contributed by atoms with van der Waals surface area (Å²) >= 11 is 2.10. The maximum absolute atomic E-state index is 15.4. The zero-order valence-corrected chi connectivity index (χ0v) is 24.9. The van der Waals surface area contributed by atoms with Crippen molar-refractivity contribution in [3.8, 4) is 20.9 Å². The van der Waals surface area contributed by atoms with Gasteiger partial charge in [0.2, 0.25) is 0 Å². The molecule has 0 saturated heterocycles. The van der Waals surface area contributed by atoms with E-state index < -0.39 is 28.9 Å². The Morgan fingerprint density at radius 1 is 0.561 bits per heavy atom. The van der Waals surface area contributed by atoms with Gasteiger partial charge < -0.3 is 9.80 Å². The van der Waals surface area contributed by atoms with Gasteiger partial charge in [-0.3, -0.25) is 0 Å². The summed E-state index contributed by atoms with van der Waals surface area (Å²) in [4.78, 5) is 4.85. The van der Waals surface area contributed by atoms with Crippen LogP contribution in [-0.4, -0.2) is 46.0 Å². The summed E-state index contributed by atoms with van der Waals surface area (Å²) in [6, 6.07) is 13.7. The summed E-state index contributed by atoms with van der Waals surface area (Å²) in [5.41, 5.74) is 1.62. The first-order chi connectivity index (χ1) is 19.1. The fourth-order valence-corrected chi connectivity index (χ4v) is 7.08. The normalized spacial score (nSPS) is 17.3. The highest BCUT2D eigenvalue weighted by Gasteiger charge is 2.80. The van der Waals surface area contributed by atoms with E-state index in [0.29, 0.717) is 20.9 Å². The summed E-state index contributed by atoms with van der Waals surface area (Å²) < 4.78 is 91.2. The van der Waals surface area contributed by atoms with Crippen molar-refractivity contribution in [3.63, 3.8) is 0 Å². The van der Waals surface area contributed by atoms with E-state index in [0.717, 1.165) is 45.2 Å². The molecule has 4 aromatic rings. The van der Waals surface area contributed by atoms with Crippen molar-refractivity contribution in [1.29, 1.82) is 0 Å². The average molecular weight is 607 g/mol. The van der Waals surface area contributed by atoms with Gasteiger partial charge >= 0.3 is 17.8 Å². The van der Waals surface area contributed by atoms with Crippen LogP contribution in [0.2, 0.25) is 0 Å². The van der Waals surface area contributed by atoms with Crippen LogP contribution >= 0.6 is 22.7 Å². The van der Waals surface area contributed by atoms with Gasteiger partial charge in [-0.25, -0.2) is 0 Å². The van der Waals surface area contributed by atoms with Gasteiger partial charge in [-0.05, 0) is 94.4 Å². The van der Waals surface area contributed by atoms with Gasteiger partial charge in [-0.15, -0.1) is 22.7 Å². The molecule has 2 nitrogen and oxygen atoms in total. The van der Waals surface area contributed by atoms with Gasteiger partial charge in [0.15, 0.2) is 0 Å². The first-order valence-corrected chi connectivity index (χ1v) is 14.5. The maximum atomic E-state index is 15.4. The number of thiophene rings is 2. The average Bonchev–Trinajstić information content (AvgIpc) is 3.58. The number of alkyl halides is 6. The summed E-state index contributed by atoms with van der Waals surface area (Å²) in [6.07, 6.45) is 0. The Morgan fingerprint density at radius 2 is 0.927 bits per heavy atom. The molecule has 2 aromatic carbocycles. The molecule has 0 bridgehead atoms. The predicted octanol–water partition coefficient (Wildman–Crippen LogP) is 9.72. The van der Waals surface area contributed by atoms with Gasteiger partial charge in [0.1, 0.15) is 0 Å². The number of hydrogen-bond acceptors (Lipinski definition) is 4. The minimum atomic E-state index is -5.60. The van der Waals surface area contributed by atoms with Crippen molar-refractivity contribution in [2.24, 2.45) is 0 Å². The quantitative estimate of drug-likeness (QED) is 0.202. The number of anilines is 2. The zero-order chi connectivity index (χ0) is 30.1. The molecule has 2 heterocycles. The van der Waals surface area contributed by atoms with Crippen molar-refractivity contribution in [2.45, 2.75) is 31.6 Å². The fraction of sp³-hybridized carbons (Fsp3) is 0.290. The lowest BCUT2D eigenvalue weighted by atomic mass is 9.96. The van der Waals surface area contributed by atoms with Crippen molar-refractivity contribution in [1.82, 2.24) is 0 Å². The molecular formula is C31H28F6N2S2. The third-order valence-corrected chi connectivity index (χ3v) is 9.35. The smallest absolute Gasteiger partial charge is 0.378 e. The number of halogens is 6. The Bertz CT molecular complexity index is 1540. The molecule has 0 saturated carbocycles. The largest absolute Gasteiger partial charge is 0.380 e. The molecule has 1 aliphatic rings. The second kappa shape index (κ2) is 9.94. The number of rotatable bonds is 6. The van der Waals surface area contributed by atoms with E-state index in [4.69, 9.17) is 0 Å². The molecule has 0 atom stereocenters. The standard InChI is InChI=1S/C31H28F6N2S2/c1-17-11-21(38(3)4)7-9-23(17)25-13-19(15-40-25)27-28(30(34,35)31(36,37)29(27,32)33)20-14-26(41-16-20)24-10-8-22(39(5)6)12-18(24)2/h7-16H,1-6H3. The Kier molecular flexibility index (Phi) is 7.10. The van der Waals surface area contributed by atoms with Crippen LogP contribution < -0.4 is 9.80 Å². The van der Waals surface area contributed by atoms with Crippen molar-refractivity contribution in [3.05, 3.63) is 81.5 Å². The highest BCUT2D eigenvalue weighted by molar-refractivity contribution is 7.14. The van der Waals surface area contributed by atoms with Crippen LogP contribution in [0, 0.1) is 13.8 Å². The Balaban J connectivity index is 1.65. The minimum absolute atomic E-state index is 0.336. The van der Waals surface area contributed by atoms with Gasteiger partial charge in [0, 0.05) is 60.5 Å². The fourth-order valence-electron chi connectivity index (χ4n) is 5.10. The van der Waals surface area contributed by atoms with E-state index in [1.165, 1.54) is 22.9 Å². The predicted molar refractivity (Wildman–Crippen MR) is 159 cm³/mol. The van der Waals surface area contributed by atoms with Crippen LogP contribution in [0.3, 0.4) is 0 Å². The van der Waals surface area contributed by atoms with Gasteiger partial charge in [-0.2, -0.15) is 26.3 Å². The first kappa shape index (κ1) is 29.3. The van der Waals surface area contributed by atoms with Crippen molar-refractivity contribution >= 4 is 45.2 Å². The van der Waals surface area contributed by atoms with Gasteiger partial charge in [-0.1, -0.05) is 12.1 Å². The molecule has 2 aromatic heterocycles. The number of hydrogen-bond donors (Lipinski definition) is 0. The van der Waals surface area contributed by atoms with Crippen LogP contribution in [0.25, 0.3) is 32.0 Å². The zero-order valence-electron chi connectivity index (χ0n) is 23.3. The minimum Gasteiger partial charge on any atom is -0.378 e. The van der Waals surface area contributed by atoms with Crippen LogP contribution in [0.4, 0.5) is 37.7 Å².